The van der Waals surface area contributed by atoms with E-state index in [1.54, 1.807) is 18.3 Å². The molecule has 2 aromatic heterocycles. The number of rotatable bonds is 2. The van der Waals surface area contributed by atoms with Crippen molar-refractivity contribution in [3.63, 3.8) is 0 Å². The first-order chi connectivity index (χ1) is 9.58. The highest BCUT2D eigenvalue weighted by molar-refractivity contribution is 7.15. The molecule has 0 spiro atoms. The van der Waals surface area contributed by atoms with Crippen molar-refractivity contribution in [2.24, 2.45) is 0 Å². The summed E-state index contributed by atoms with van der Waals surface area (Å²) in [6, 6.07) is 9.86. The van der Waals surface area contributed by atoms with Gasteiger partial charge in [0.05, 0.1) is 11.4 Å². The molecule has 0 radical (unpaired) electrons. The average Bonchev–Trinajstić information content (AvgIpc) is 2.92. The predicted octanol–water partition coefficient (Wildman–Crippen LogP) is 3.83. The van der Waals surface area contributed by atoms with Crippen LogP contribution in [0.15, 0.2) is 30.3 Å². The Hall–Kier alpha value is -2.27. The van der Waals surface area contributed by atoms with Crippen LogP contribution in [0.1, 0.15) is 10.6 Å². The Labute approximate surface area is 120 Å². The highest BCUT2D eigenvalue weighted by atomic mass is 32.1. The van der Waals surface area contributed by atoms with Crippen molar-refractivity contribution in [3.05, 3.63) is 40.9 Å². The van der Waals surface area contributed by atoms with Crippen molar-refractivity contribution in [3.8, 4) is 33.5 Å². The van der Waals surface area contributed by atoms with E-state index < -0.39 is 0 Å². The fourth-order valence-corrected chi connectivity index (χ4v) is 3.08. The molecule has 0 aliphatic rings. The van der Waals surface area contributed by atoms with Gasteiger partial charge < -0.3 is 15.2 Å². The van der Waals surface area contributed by atoms with Gasteiger partial charge in [-0.1, -0.05) is 30.3 Å². The van der Waals surface area contributed by atoms with E-state index in [1.807, 2.05) is 37.3 Å². The minimum Gasteiger partial charge on any atom is -0.505 e. The molecule has 0 aliphatic carbocycles. The quantitative estimate of drug-likeness (QED) is 0.670. The molecule has 0 aliphatic heterocycles. The van der Waals surface area contributed by atoms with Crippen molar-refractivity contribution in [2.75, 3.05) is 0 Å². The van der Waals surface area contributed by atoms with E-state index in [2.05, 4.69) is 9.97 Å². The second kappa shape index (κ2) is 4.68. The van der Waals surface area contributed by atoms with Crippen LogP contribution in [0, 0.1) is 13.8 Å². The molecule has 2 heterocycles. The third-order valence-corrected chi connectivity index (χ3v) is 4.21. The Balaban J connectivity index is 2.15. The summed E-state index contributed by atoms with van der Waals surface area (Å²) in [6.07, 6.45) is 0. The normalized spacial score (nSPS) is 10.9. The van der Waals surface area contributed by atoms with Gasteiger partial charge in [0.1, 0.15) is 16.3 Å². The Kier molecular flexibility index (Phi) is 2.99. The maximum Gasteiger partial charge on any atom is 0.202 e. The van der Waals surface area contributed by atoms with Gasteiger partial charge in [-0.15, -0.1) is 11.3 Å². The maximum absolute atomic E-state index is 10.0. The summed E-state index contributed by atoms with van der Waals surface area (Å²) < 4.78 is 0. The molecule has 0 amide bonds. The highest BCUT2D eigenvalue weighted by Crippen LogP contribution is 2.43. The van der Waals surface area contributed by atoms with Gasteiger partial charge in [0.2, 0.25) is 5.88 Å². The molecular weight excluding hydrogens is 272 g/mol. The number of thiazole rings is 1. The van der Waals surface area contributed by atoms with Gasteiger partial charge in [-0.05, 0) is 13.8 Å². The maximum atomic E-state index is 10.0. The molecule has 0 saturated carbocycles. The van der Waals surface area contributed by atoms with Crippen LogP contribution in [0.3, 0.4) is 0 Å². The largest absolute Gasteiger partial charge is 0.505 e. The standard InChI is InChI=1S/C15H14N2O2S/c1-8-13(18)11(14(19)16-8)12-9(2)20-15(17-12)10-6-4-3-5-7-10/h3-7,16,18-19H,1-2H3. The zero-order chi connectivity index (χ0) is 14.3. The first-order valence-electron chi connectivity index (χ1n) is 6.21. The van der Waals surface area contributed by atoms with Gasteiger partial charge in [0, 0.05) is 10.4 Å². The first kappa shape index (κ1) is 12.7. The van der Waals surface area contributed by atoms with Crippen LogP contribution < -0.4 is 0 Å². The molecule has 0 fully saturated rings. The Morgan fingerprint density at radius 2 is 1.80 bits per heavy atom. The first-order valence-corrected chi connectivity index (χ1v) is 7.03. The Morgan fingerprint density at radius 1 is 1.10 bits per heavy atom. The molecular formula is C15H14N2O2S. The van der Waals surface area contributed by atoms with E-state index in [0.29, 0.717) is 17.0 Å². The lowest BCUT2D eigenvalue weighted by Crippen LogP contribution is -1.81. The molecule has 3 N–H and O–H groups in total. The summed E-state index contributed by atoms with van der Waals surface area (Å²) in [7, 11) is 0. The minimum absolute atomic E-state index is 0.0481. The molecule has 1 aromatic carbocycles. The summed E-state index contributed by atoms with van der Waals surface area (Å²) in [5, 5.41) is 20.8. The number of aromatic nitrogens is 2. The third kappa shape index (κ3) is 1.96. The van der Waals surface area contributed by atoms with Gasteiger partial charge in [-0.3, -0.25) is 0 Å². The van der Waals surface area contributed by atoms with Crippen LogP contribution in [0.2, 0.25) is 0 Å². The summed E-state index contributed by atoms with van der Waals surface area (Å²) in [5.74, 6) is 0.00326. The lowest BCUT2D eigenvalue weighted by Gasteiger charge is -1.97. The lowest BCUT2D eigenvalue weighted by molar-refractivity contribution is 0.455. The summed E-state index contributed by atoms with van der Waals surface area (Å²) in [6.45, 7) is 3.64. The average molecular weight is 286 g/mol. The Morgan fingerprint density at radius 3 is 2.40 bits per heavy atom. The number of nitrogens with one attached hydrogen (secondary N) is 1. The second-order valence-electron chi connectivity index (χ2n) is 4.61. The number of H-pyrrole nitrogens is 1. The molecule has 0 bridgehead atoms. The fraction of sp³-hybridized carbons (Fsp3) is 0.133. The molecule has 5 heteroatoms. The Bertz CT molecular complexity index is 760. The van der Waals surface area contributed by atoms with Gasteiger partial charge in [-0.2, -0.15) is 0 Å². The number of aryl methyl sites for hydroxylation is 2. The fourth-order valence-electron chi connectivity index (χ4n) is 2.16. The van der Waals surface area contributed by atoms with Crippen molar-refractivity contribution in [2.45, 2.75) is 13.8 Å². The number of aromatic hydroxyl groups is 2. The van der Waals surface area contributed by atoms with E-state index >= 15 is 0 Å². The number of benzene rings is 1. The zero-order valence-corrected chi connectivity index (χ0v) is 12.0. The molecule has 0 saturated heterocycles. The molecule has 4 nitrogen and oxygen atoms in total. The number of nitrogens with zero attached hydrogens (tertiary/aromatic N) is 1. The molecule has 20 heavy (non-hydrogen) atoms. The van der Waals surface area contributed by atoms with Crippen molar-refractivity contribution >= 4 is 11.3 Å². The minimum atomic E-state index is -0.0481. The molecule has 3 aromatic rings. The summed E-state index contributed by atoms with van der Waals surface area (Å²) in [5.41, 5.74) is 2.55. The van der Waals surface area contributed by atoms with E-state index in [1.165, 1.54) is 0 Å². The van der Waals surface area contributed by atoms with Crippen LogP contribution in [-0.2, 0) is 0 Å². The van der Waals surface area contributed by atoms with Gasteiger partial charge >= 0.3 is 0 Å². The zero-order valence-electron chi connectivity index (χ0n) is 11.1. The molecule has 3 rings (SSSR count). The highest BCUT2D eigenvalue weighted by Gasteiger charge is 2.21. The molecule has 0 atom stereocenters. The van der Waals surface area contributed by atoms with Gasteiger partial charge in [0.25, 0.3) is 0 Å². The van der Waals surface area contributed by atoms with E-state index in [-0.39, 0.29) is 11.6 Å². The third-order valence-electron chi connectivity index (χ3n) is 3.19. The topological polar surface area (TPSA) is 69.1 Å². The lowest BCUT2D eigenvalue weighted by atomic mass is 10.2. The summed E-state index contributed by atoms with van der Waals surface area (Å²) >= 11 is 1.54. The number of hydrogen-bond donors (Lipinski definition) is 3. The van der Waals surface area contributed by atoms with Crippen molar-refractivity contribution in [1.29, 1.82) is 0 Å². The van der Waals surface area contributed by atoms with Gasteiger partial charge in [-0.25, -0.2) is 4.98 Å². The molecule has 0 unspecified atom stereocenters. The van der Waals surface area contributed by atoms with Crippen LogP contribution in [0.4, 0.5) is 0 Å². The van der Waals surface area contributed by atoms with Crippen LogP contribution in [0.25, 0.3) is 21.8 Å². The van der Waals surface area contributed by atoms with E-state index in [9.17, 15) is 10.2 Å². The predicted molar refractivity (Wildman–Crippen MR) is 80.1 cm³/mol. The van der Waals surface area contributed by atoms with E-state index in [0.717, 1.165) is 15.4 Å². The SMILES string of the molecule is Cc1[nH]c(O)c(-c2nc(-c3ccccc3)sc2C)c1O. The number of hydrogen-bond acceptors (Lipinski definition) is 4. The number of aromatic amines is 1. The smallest absolute Gasteiger partial charge is 0.202 e. The van der Waals surface area contributed by atoms with Crippen LogP contribution >= 0.6 is 11.3 Å². The van der Waals surface area contributed by atoms with Crippen molar-refractivity contribution in [1.82, 2.24) is 9.97 Å². The van der Waals surface area contributed by atoms with Gasteiger partial charge in [0.15, 0.2) is 0 Å². The van der Waals surface area contributed by atoms with Crippen molar-refractivity contribution < 1.29 is 10.2 Å². The monoisotopic (exact) mass is 286 g/mol. The summed E-state index contributed by atoms with van der Waals surface area (Å²) in [4.78, 5) is 8.24. The second-order valence-corrected chi connectivity index (χ2v) is 5.82. The van der Waals surface area contributed by atoms with Crippen LogP contribution in [0.5, 0.6) is 11.6 Å². The van der Waals surface area contributed by atoms with E-state index in [4.69, 9.17) is 0 Å². The van der Waals surface area contributed by atoms with Crippen LogP contribution in [-0.4, -0.2) is 20.2 Å². The molecule has 102 valence electrons.